The molecule has 0 aliphatic carbocycles. The van der Waals surface area contributed by atoms with E-state index in [9.17, 15) is 8.42 Å². The fraction of sp³-hybridized carbons (Fsp3) is 0.750. The lowest BCUT2D eigenvalue weighted by molar-refractivity contribution is 0.0183. The average Bonchev–Trinajstić information content (AvgIpc) is 2.80. The number of rotatable bonds is 4. The number of aromatic nitrogens is 2. The SMILES string of the molecule is COC1CN(S(=O)(=O)c2c(CCl)n[nH]c2C)CCC1C. The van der Waals surface area contributed by atoms with Crippen molar-refractivity contribution in [1.29, 1.82) is 0 Å². The number of nitrogens with one attached hydrogen (secondary N) is 1. The molecule has 0 aromatic carbocycles. The maximum atomic E-state index is 12.8. The third-order valence-electron chi connectivity index (χ3n) is 3.84. The Kier molecular flexibility index (Phi) is 4.73. The zero-order valence-corrected chi connectivity index (χ0v) is 13.5. The van der Waals surface area contributed by atoms with Crippen LogP contribution in [-0.4, -0.2) is 49.2 Å². The van der Waals surface area contributed by atoms with Crippen molar-refractivity contribution in [3.05, 3.63) is 11.4 Å². The molecule has 2 heterocycles. The first-order chi connectivity index (χ1) is 9.41. The number of aromatic amines is 1. The Morgan fingerprint density at radius 3 is 2.85 bits per heavy atom. The number of hydrogen-bond acceptors (Lipinski definition) is 4. The molecule has 1 aliphatic rings. The third kappa shape index (κ3) is 2.72. The van der Waals surface area contributed by atoms with E-state index < -0.39 is 10.0 Å². The largest absolute Gasteiger partial charge is 0.380 e. The van der Waals surface area contributed by atoms with E-state index in [4.69, 9.17) is 16.3 Å². The molecule has 2 rings (SSSR count). The van der Waals surface area contributed by atoms with E-state index in [0.29, 0.717) is 30.4 Å². The number of ether oxygens (including phenoxy) is 1. The molecule has 0 spiro atoms. The monoisotopic (exact) mass is 321 g/mol. The van der Waals surface area contributed by atoms with Gasteiger partial charge in [-0.1, -0.05) is 6.92 Å². The summed E-state index contributed by atoms with van der Waals surface area (Å²) < 4.78 is 32.4. The number of methoxy groups -OCH3 is 1. The molecule has 20 heavy (non-hydrogen) atoms. The Morgan fingerprint density at radius 1 is 1.55 bits per heavy atom. The van der Waals surface area contributed by atoms with Crippen LogP contribution in [0.1, 0.15) is 24.7 Å². The Balaban J connectivity index is 2.33. The molecule has 0 radical (unpaired) electrons. The average molecular weight is 322 g/mol. The maximum absolute atomic E-state index is 12.8. The van der Waals surface area contributed by atoms with Crippen molar-refractivity contribution in [3.63, 3.8) is 0 Å². The van der Waals surface area contributed by atoms with Crippen LogP contribution in [0.2, 0.25) is 0 Å². The first kappa shape index (κ1) is 15.8. The lowest BCUT2D eigenvalue weighted by Gasteiger charge is -2.35. The second-order valence-corrected chi connectivity index (χ2v) is 7.30. The molecule has 0 amide bonds. The first-order valence-electron chi connectivity index (χ1n) is 6.54. The van der Waals surface area contributed by atoms with E-state index in [-0.39, 0.29) is 16.9 Å². The Bertz CT molecular complexity index is 573. The van der Waals surface area contributed by atoms with Crippen LogP contribution in [0.3, 0.4) is 0 Å². The number of H-pyrrole nitrogens is 1. The van der Waals surface area contributed by atoms with Gasteiger partial charge in [0.2, 0.25) is 10.0 Å². The third-order valence-corrected chi connectivity index (χ3v) is 6.16. The molecular formula is C12H20ClN3O3S. The van der Waals surface area contributed by atoms with E-state index in [1.807, 2.05) is 0 Å². The second kappa shape index (κ2) is 6.01. The van der Waals surface area contributed by atoms with Crippen LogP contribution in [0.5, 0.6) is 0 Å². The molecule has 0 saturated carbocycles. The Morgan fingerprint density at radius 2 is 2.25 bits per heavy atom. The molecule has 1 N–H and O–H groups in total. The lowest BCUT2D eigenvalue weighted by atomic mass is 9.97. The highest BCUT2D eigenvalue weighted by atomic mass is 35.5. The Labute approximate surface area is 124 Å². The van der Waals surface area contributed by atoms with Crippen molar-refractivity contribution >= 4 is 21.6 Å². The number of piperidine rings is 1. The predicted octanol–water partition coefficient (Wildman–Crippen LogP) is 1.50. The van der Waals surface area contributed by atoms with Gasteiger partial charge in [0.05, 0.1) is 23.4 Å². The highest BCUT2D eigenvalue weighted by Gasteiger charge is 2.36. The molecular weight excluding hydrogens is 302 g/mol. The van der Waals surface area contributed by atoms with Crippen molar-refractivity contribution in [2.75, 3.05) is 20.2 Å². The summed E-state index contributed by atoms with van der Waals surface area (Å²) in [5.74, 6) is 0.418. The molecule has 1 aliphatic heterocycles. The minimum atomic E-state index is -3.58. The molecule has 1 fully saturated rings. The summed E-state index contributed by atoms with van der Waals surface area (Å²) in [7, 11) is -1.97. The summed E-state index contributed by atoms with van der Waals surface area (Å²) in [6, 6.07) is 0. The van der Waals surface area contributed by atoms with Gasteiger partial charge in [-0.3, -0.25) is 5.10 Å². The van der Waals surface area contributed by atoms with Crippen molar-refractivity contribution in [2.45, 2.75) is 37.1 Å². The van der Waals surface area contributed by atoms with Gasteiger partial charge >= 0.3 is 0 Å². The molecule has 6 nitrogen and oxygen atoms in total. The minimum absolute atomic E-state index is 0.0663. The molecule has 2 atom stereocenters. The van der Waals surface area contributed by atoms with Crippen molar-refractivity contribution in [1.82, 2.24) is 14.5 Å². The molecule has 0 bridgehead atoms. The lowest BCUT2D eigenvalue weighted by Crippen LogP contribution is -2.46. The number of sulfonamides is 1. The van der Waals surface area contributed by atoms with Crippen LogP contribution in [-0.2, 0) is 20.6 Å². The van der Waals surface area contributed by atoms with E-state index in [0.717, 1.165) is 6.42 Å². The molecule has 114 valence electrons. The zero-order valence-electron chi connectivity index (χ0n) is 11.9. The van der Waals surface area contributed by atoms with Gasteiger partial charge in [0.25, 0.3) is 0 Å². The van der Waals surface area contributed by atoms with Crippen molar-refractivity contribution < 1.29 is 13.2 Å². The van der Waals surface area contributed by atoms with Crippen LogP contribution in [0.25, 0.3) is 0 Å². The fourth-order valence-corrected chi connectivity index (χ4v) is 4.63. The van der Waals surface area contributed by atoms with Gasteiger partial charge in [0.1, 0.15) is 4.90 Å². The number of hydrogen-bond donors (Lipinski definition) is 1. The number of alkyl halides is 1. The first-order valence-corrected chi connectivity index (χ1v) is 8.52. The summed E-state index contributed by atoms with van der Waals surface area (Å²) >= 11 is 5.78. The molecule has 2 unspecified atom stereocenters. The zero-order chi connectivity index (χ0) is 14.9. The maximum Gasteiger partial charge on any atom is 0.246 e. The summed E-state index contributed by atoms with van der Waals surface area (Å²) in [6.45, 7) is 4.63. The van der Waals surface area contributed by atoms with Gasteiger partial charge in [-0.2, -0.15) is 9.40 Å². The Hall–Kier alpha value is -0.630. The highest BCUT2D eigenvalue weighted by molar-refractivity contribution is 7.89. The van der Waals surface area contributed by atoms with E-state index in [2.05, 4.69) is 17.1 Å². The second-order valence-electron chi connectivity index (χ2n) is 5.16. The summed E-state index contributed by atoms with van der Waals surface area (Å²) in [5.41, 5.74) is 0.894. The van der Waals surface area contributed by atoms with Gasteiger partial charge < -0.3 is 4.74 Å². The topological polar surface area (TPSA) is 75.3 Å². The smallest absolute Gasteiger partial charge is 0.246 e. The van der Waals surface area contributed by atoms with E-state index in [1.54, 1.807) is 14.0 Å². The van der Waals surface area contributed by atoms with Gasteiger partial charge in [0.15, 0.2) is 0 Å². The normalized spacial score (nSPS) is 25.0. The quantitative estimate of drug-likeness (QED) is 0.853. The number of aryl methyl sites for hydroxylation is 1. The van der Waals surface area contributed by atoms with Crippen LogP contribution in [0, 0.1) is 12.8 Å². The molecule has 1 saturated heterocycles. The summed E-state index contributed by atoms with van der Waals surface area (Å²) in [6.07, 6.45) is 0.704. The van der Waals surface area contributed by atoms with Gasteiger partial charge in [-0.25, -0.2) is 8.42 Å². The van der Waals surface area contributed by atoms with Crippen LogP contribution < -0.4 is 0 Å². The van der Waals surface area contributed by atoms with E-state index >= 15 is 0 Å². The standard InChI is InChI=1S/C12H20ClN3O3S/c1-8-4-5-16(7-11(8)19-3)20(17,18)12-9(2)14-15-10(12)6-13/h8,11H,4-7H2,1-3H3,(H,14,15). The molecule has 1 aromatic heterocycles. The predicted molar refractivity (Wildman–Crippen MR) is 76.2 cm³/mol. The highest BCUT2D eigenvalue weighted by Crippen LogP contribution is 2.28. The van der Waals surface area contributed by atoms with Crippen molar-refractivity contribution in [3.8, 4) is 0 Å². The van der Waals surface area contributed by atoms with Gasteiger partial charge in [-0.15, -0.1) is 11.6 Å². The summed E-state index contributed by atoms with van der Waals surface area (Å²) in [5, 5.41) is 6.65. The fourth-order valence-electron chi connectivity index (χ4n) is 2.56. The summed E-state index contributed by atoms with van der Waals surface area (Å²) in [4.78, 5) is 0.205. The van der Waals surface area contributed by atoms with Crippen molar-refractivity contribution in [2.24, 2.45) is 5.92 Å². The molecule has 8 heteroatoms. The van der Waals surface area contributed by atoms with Gasteiger partial charge in [-0.05, 0) is 19.3 Å². The van der Waals surface area contributed by atoms with E-state index in [1.165, 1.54) is 4.31 Å². The van der Waals surface area contributed by atoms with Crippen LogP contribution in [0.15, 0.2) is 4.90 Å². The van der Waals surface area contributed by atoms with Gasteiger partial charge in [0, 0.05) is 20.2 Å². The number of nitrogens with zero attached hydrogens (tertiary/aromatic N) is 2. The van der Waals surface area contributed by atoms with Crippen LogP contribution >= 0.6 is 11.6 Å². The minimum Gasteiger partial charge on any atom is -0.380 e. The molecule has 1 aromatic rings. The van der Waals surface area contributed by atoms with Crippen LogP contribution in [0.4, 0.5) is 0 Å². The number of halogens is 1.